The summed E-state index contributed by atoms with van der Waals surface area (Å²) in [6.45, 7) is 1.59. The average molecular weight is 238 g/mol. The molecule has 88 valence electrons. The molecule has 1 aliphatic rings. The van der Waals surface area contributed by atoms with Gasteiger partial charge in [-0.05, 0) is 41.8 Å². The minimum Gasteiger partial charge on any atom is -0.348 e. The van der Waals surface area contributed by atoms with Crippen molar-refractivity contribution in [1.82, 2.24) is 9.80 Å². The fourth-order valence-corrected chi connectivity index (χ4v) is 2.88. The van der Waals surface area contributed by atoms with Crippen molar-refractivity contribution >= 4 is 17.2 Å². The molecule has 0 bridgehead atoms. The Morgan fingerprint density at radius 2 is 2.44 bits per heavy atom. The molecular formula is C12H18N2OS. The van der Waals surface area contributed by atoms with Crippen LogP contribution in [0, 0.1) is 0 Å². The highest BCUT2D eigenvalue weighted by atomic mass is 32.1. The van der Waals surface area contributed by atoms with Crippen molar-refractivity contribution in [3.63, 3.8) is 0 Å². The van der Waals surface area contributed by atoms with Crippen molar-refractivity contribution in [3.05, 3.63) is 22.4 Å². The highest BCUT2D eigenvalue weighted by Crippen LogP contribution is 2.32. The molecule has 0 N–H and O–H groups in total. The zero-order valence-corrected chi connectivity index (χ0v) is 10.7. The largest absolute Gasteiger partial charge is 0.348 e. The van der Waals surface area contributed by atoms with E-state index in [4.69, 9.17) is 0 Å². The summed E-state index contributed by atoms with van der Waals surface area (Å²) >= 11 is 1.73. The molecular weight excluding hydrogens is 220 g/mol. The number of likely N-dealkylation sites (N-methyl/N-ethyl adjacent to an activating group) is 1. The van der Waals surface area contributed by atoms with Gasteiger partial charge in [0.15, 0.2) is 0 Å². The predicted octanol–water partition coefficient (Wildman–Crippen LogP) is 1.97. The van der Waals surface area contributed by atoms with Crippen LogP contribution in [0.25, 0.3) is 0 Å². The van der Waals surface area contributed by atoms with Gasteiger partial charge in [0.05, 0.1) is 6.54 Å². The third-order valence-electron chi connectivity index (χ3n) is 3.13. The van der Waals surface area contributed by atoms with Crippen LogP contribution in [0.4, 0.5) is 0 Å². The lowest BCUT2D eigenvalue weighted by molar-refractivity contribution is -0.130. The van der Waals surface area contributed by atoms with Crippen LogP contribution in [0.15, 0.2) is 16.8 Å². The van der Waals surface area contributed by atoms with Gasteiger partial charge in [-0.1, -0.05) is 0 Å². The maximum absolute atomic E-state index is 11.7. The van der Waals surface area contributed by atoms with Gasteiger partial charge < -0.3 is 4.90 Å². The van der Waals surface area contributed by atoms with E-state index in [1.54, 1.807) is 16.2 Å². The molecule has 0 radical (unpaired) electrons. The second kappa shape index (κ2) is 4.97. The van der Waals surface area contributed by atoms with Gasteiger partial charge in [-0.3, -0.25) is 9.69 Å². The van der Waals surface area contributed by atoms with Gasteiger partial charge in [-0.2, -0.15) is 11.3 Å². The van der Waals surface area contributed by atoms with Crippen LogP contribution in [0.1, 0.15) is 24.4 Å². The van der Waals surface area contributed by atoms with E-state index < -0.39 is 0 Å². The van der Waals surface area contributed by atoms with E-state index in [0.29, 0.717) is 12.6 Å². The lowest BCUT2D eigenvalue weighted by atomic mass is 10.1. The lowest BCUT2D eigenvalue weighted by Crippen LogP contribution is -2.36. The molecule has 1 aromatic rings. The maximum Gasteiger partial charge on any atom is 0.236 e. The highest BCUT2D eigenvalue weighted by molar-refractivity contribution is 7.07. The Bertz CT molecular complexity index is 348. The number of thiophene rings is 1. The molecule has 3 nitrogen and oxygen atoms in total. The normalized spacial score (nSPS) is 21.2. The first-order valence-electron chi connectivity index (χ1n) is 5.65. The Kier molecular flexibility index (Phi) is 3.61. The Balaban J connectivity index is 2.01. The van der Waals surface area contributed by atoms with E-state index in [0.717, 1.165) is 6.54 Å². The molecule has 0 saturated carbocycles. The van der Waals surface area contributed by atoms with Crippen molar-refractivity contribution in [2.24, 2.45) is 0 Å². The van der Waals surface area contributed by atoms with Crippen molar-refractivity contribution in [3.8, 4) is 0 Å². The summed E-state index contributed by atoms with van der Waals surface area (Å²) in [5, 5.41) is 4.31. The Morgan fingerprint density at radius 1 is 1.62 bits per heavy atom. The molecule has 2 rings (SSSR count). The summed E-state index contributed by atoms with van der Waals surface area (Å²) in [6.07, 6.45) is 2.37. The molecule has 1 aromatic heterocycles. The van der Waals surface area contributed by atoms with Gasteiger partial charge in [0.1, 0.15) is 0 Å². The van der Waals surface area contributed by atoms with E-state index in [9.17, 15) is 4.79 Å². The van der Waals surface area contributed by atoms with Crippen LogP contribution < -0.4 is 0 Å². The molecule has 1 aliphatic heterocycles. The number of amides is 1. The number of rotatable bonds is 3. The summed E-state index contributed by atoms with van der Waals surface area (Å²) in [5.41, 5.74) is 1.37. The zero-order chi connectivity index (χ0) is 11.5. The zero-order valence-electron chi connectivity index (χ0n) is 9.85. The predicted molar refractivity (Wildman–Crippen MR) is 66.6 cm³/mol. The van der Waals surface area contributed by atoms with Crippen molar-refractivity contribution < 1.29 is 4.79 Å². The number of hydrogen-bond donors (Lipinski definition) is 0. The molecule has 0 spiro atoms. The molecule has 0 aromatic carbocycles. The smallest absolute Gasteiger partial charge is 0.236 e. The summed E-state index contributed by atoms with van der Waals surface area (Å²) in [6, 6.07) is 2.63. The summed E-state index contributed by atoms with van der Waals surface area (Å²) < 4.78 is 0. The van der Waals surface area contributed by atoms with E-state index in [-0.39, 0.29) is 5.91 Å². The van der Waals surface area contributed by atoms with Gasteiger partial charge in [-0.25, -0.2) is 0 Å². The van der Waals surface area contributed by atoms with E-state index in [1.165, 1.54) is 18.4 Å². The molecule has 1 saturated heterocycles. The van der Waals surface area contributed by atoms with Crippen LogP contribution in [0.2, 0.25) is 0 Å². The highest BCUT2D eigenvalue weighted by Gasteiger charge is 2.27. The summed E-state index contributed by atoms with van der Waals surface area (Å²) in [4.78, 5) is 15.7. The third-order valence-corrected chi connectivity index (χ3v) is 3.83. The van der Waals surface area contributed by atoms with Crippen molar-refractivity contribution in [2.75, 3.05) is 27.2 Å². The van der Waals surface area contributed by atoms with Gasteiger partial charge in [0, 0.05) is 20.1 Å². The maximum atomic E-state index is 11.7. The molecule has 1 fully saturated rings. The number of hydrogen-bond acceptors (Lipinski definition) is 3. The number of nitrogens with zero attached hydrogens (tertiary/aromatic N) is 2. The van der Waals surface area contributed by atoms with Gasteiger partial charge in [0.25, 0.3) is 0 Å². The molecule has 1 amide bonds. The second-order valence-electron chi connectivity index (χ2n) is 4.47. The third kappa shape index (κ3) is 2.44. The van der Waals surface area contributed by atoms with Crippen molar-refractivity contribution in [2.45, 2.75) is 18.9 Å². The Labute approximate surface area is 101 Å². The molecule has 16 heavy (non-hydrogen) atoms. The minimum atomic E-state index is 0.196. The Hall–Kier alpha value is -0.870. The van der Waals surface area contributed by atoms with Crippen LogP contribution >= 0.6 is 11.3 Å². The quantitative estimate of drug-likeness (QED) is 0.804. The van der Waals surface area contributed by atoms with Gasteiger partial charge in [0.2, 0.25) is 5.91 Å². The molecule has 0 unspecified atom stereocenters. The molecule has 2 heterocycles. The molecule has 1 atom stereocenters. The first-order chi connectivity index (χ1) is 7.68. The monoisotopic (exact) mass is 238 g/mol. The Morgan fingerprint density at radius 3 is 3.06 bits per heavy atom. The van der Waals surface area contributed by atoms with E-state index in [1.807, 2.05) is 14.1 Å². The molecule has 4 heteroatoms. The fraction of sp³-hybridized carbons (Fsp3) is 0.583. The lowest BCUT2D eigenvalue weighted by Gasteiger charge is -2.24. The van der Waals surface area contributed by atoms with Gasteiger partial charge in [-0.15, -0.1) is 0 Å². The first-order valence-corrected chi connectivity index (χ1v) is 6.59. The van der Waals surface area contributed by atoms with Crippen LogP contribution in [-0.2, 0) is 4.79 Å². The average Bonchev–Trinajstić information content (AvgIpc) is 2.85. The standard InChI is InChI=1S/C12H18N2OS/c1-13(2)12(15)8-14-6-3-4-11(14)10-5-7-16-9-10/h5,7,9,11H,3-4,6,8H2,1-2H3/t11-/m0/s1. The van der Waals surface area contributed by atoms with E-state index >= 15 is 0 Å². The summed E-state index contributed by atoms with van der Waals surface area (Å²) in [7, 11) is 3.63. The number of carbonyl (C=O) groups is 1. The van der Waals surface area contributed by atoms with Crippen LogP contribution in [0.5, 0.6) is 0 Å². The fourth-order valence-electron chi connectivity index (χ4n) is 2.17. The van der Waals surface area contributed by atoms with E-state index in [2.05, 4.69) is 21.7 Å². The molecule has 0 aliphatic carbocycles. The topological polar surface area (TPSA) is 23.6 Å². The van der Waals surface area contributed by atoms with Gasteiger partial charge >= 0.3 is 0 Å². The number of likely N-dealkylation sites (tertiary alicyclic amines) is 1. The van der Waals surface area contributed by atoms with Crippen molar-refractivity contribution in [1.29, 1.82) is 0 Å². The second-order valence-corrected chi connectivity index (χ2v) is 5.25. The summed E-state index contributed by atoms with van der Waals surface area (Å²) in [5.74, 6) is 0.196. The first kappa shape index (κ1) is 11.6. The van der Waals surface area contributed by atoms with Crippen LogP contribution in [0.3, 0.4) is 0 Å². The SMILES string of the molecule is CN(C)C(=O)CN1CCC[C@H]1c1ccsc1. The van der Waals surface area contributed by atoms with Crippen LogP contribution in [-0.4, -0.2) is 42.9 Å². The minimum absolute atomic E-state index is 0.196. The number of carbonyl (C=O) groups excluding carboxylic acids is 1.